The highest BCUT2D eigenvalue weighted by Gasteiger charge is 2.22. The van der Waals surface area contributed by atoms with Gasteiger partial charge in [-0.1, -0.05) is 0 Å². The van der Waals surface area contributed by atoms with Crippen molar-refractivity contribution < 1.29 is 24.7 Å². The quantitative estimate of drug-likeness (QED) is 0.348. The molecule has 5 N–H and O–H groups in total. The van der Waals surface area contributed by atoms with E-state index >= 15 is 0 Å². The topological polar surface area (TPSA) is 148 Å². The molecule has 0 spiro atoms. The Morgan fingerprint density at radius 2 is 2.04 bits per heavy atom. The number of nitrogen functional groups attached to an aromatic ring is 1. The normalized spacial score (nSPS) is 13.9. The zero-order chi connectivity index (χ0) is 18.5. The van der Waals surface area contributed by atoms with Crippen LogP contribution in [0.25, 0.3) is 0 Å². The SMILES string of the molecule is CC(C)(C)OC(=O)NCCC(O)C(O)c1ccc([N+](=O)[O-])cc1N. The molecule has 2 atom stereocenters. The molecule has 1 amide bonds. The van der Waals surface area contributed by atoms with Gasteiger partial charge in [0.25, 0.3) is 5.69 Å². The van der Waals surface area contributed by atoms with Gasteiger partial charge in [0.05, 0.1) is 11.0 Å². The molecule has 1 aromatic rings. The monoisotopic (exact) mass is 341 g/mol. The van der Waals surface area contributed by atoms with Crippen molar-refractivity contribution in [2.75, 3.05) is 12.3 Å². The zero-order valence-electron chi connectivity index (χ0n) is 13.9. The Balaban J connectivity index is 2.57. The Morgan fingerprint density at radius 3 is 2.54 bits per heavy atom. The lowest BCUT2D eigenvalue weighted by atomic mass is 10.00. The van der Waals surface area contributed by atoms with Crippen LogP contribution in [0, 0.1) is 10.1 Å². The maximum Gasteiger partial charge on any atom is 0.407 e. The number of nitrogens with two attached hydrogens (primary N) is 1. The van der Waals surface area contributed by atoms with Crippen LogP contribution in [0.1, 0.15) is 38.9 Å². The largest absolute Gasteiger partial charge is 0.444 e. The Labute approximate surface area is 139 Å². The molecule has 2 unspecified atom stereocenters. The summed E-state index contributed by atoms with van der Waals surface area (Å²) in [6, 6.07) is 3.60. The van der Waals surface area contributed by atoms with E-state index in [1.165, 1.54) is 12.1 Å². The molecule has 0 heterocycles. The molecule has 0 radical (unpaired) electrons. The fourth-order valence-corrected chi connectivity index (χ4v) is 1.95. The molecule has 9 nitrogen and oxygen atoms in total. The molecular formula is C15H23N3O6. The van der Waals surface area contributed by atoms with E-state index in [-0.39, 0.29) is 29.9 Å². The van der Waals surface area contributed by atoms with E-state index in [1.807, 2.05) is 0 Å². The average molecular weight is 341 g/mol. The van der Waals surface area contributed by atoms with Crippen molar-refractivity contribution in [2.24, 2.45) is 0 Å². The summed E-state index contributed by atoms with van der Waals surface area (Å²) < 4.78 is 5.04. The summed E-state index contributed by atoms with van der Waals surface area (Å²) in [5.74, 6) is 0. The summed E-state index contributed by atoms with van der Waals surface area (Å²) in [6.45, 7) is 5.26. The summed E-state index contributed by atoms with van der Waals surface area (Å²) in [5, 5.41) is 33.2. The van der Waals surface area contributed by atoms with E-state index in [4.69, 9.17) is 10.5 Å². The van der Waals surface area contributed by atoms with Crippen molar-refractivity contribution in [2.45, 2.75) is 45.0 Å². The molecule has 0 aliphatic carbocycles. The molecule has 24 heavy (non-hydrogen) atoms. The van der Waals surface area contributed by atoms with Gasteiger partial charge in [-0.25, -0.2) is 4.79 Å². The van der Waals surface area contributed by atoms with Crippen LogP contribution < -0.4 is 11.1 Å². The van der Waals surface area contributed by atoms with Gasteiger partial charge < -0.3 is 26.0 Å². The van der Waals surface area contributed by atoms with Gasteiger partial charge in [0, 0.05) is 29.9 Å². The van der Waals surface area contributed by atoms with Crippen molar-refractivity contribution in [3.63, 3.8) is 0 Å². The zero-order valence-corrected chi connectivity index (χ0v) is 13.9. The minimum atomic E-state index is -1.33. The van der Waals surface area contributed by atoms with Gasteiger partial charge in [0.2, 0.25) is 0 Å². The molecule has 0 bridgehead atoms. The standard InChI is InChI=1S/C15H23N3O6/c1-15(2,3)24-14(21)17-7-6-12(19)13(20)10-5-4-9(18(22)23)8-11(10)16/h4-5,8,12-13,19-20H,6-7,16H2,1-3H3,(H,17,21). The number of benzene rings is 1. The number of carbonyl (C=O) groups excluding carboxylic acids is 1. The fraction of sp³-hybridized carbons (Fsp3) is 0.533. The summed E-state index contributed by atoms with van der Waals surface area (Å²) in [4.78, 5) is 21.5. The number of aliphatic hydroxyl groups is 2. The summed E-state index contributed by atoms with van der Waals surface area (Å²) >= 11 is 0. The minimum Gasteiger partial charge on any atom is -0.444 e. The second kappa shape index (κ2) is 7.93. The molecule has 0 saturated heterocycles. The number of nitro groups is 1. The van der Waals surface area contributed by atoms with Crippen LogP contribution >= 0.6 is 0 Å². The predicted molar refractivity (Wildman–Crippen MR) is 87.3 cm³/mol. The molecule has 9 heteroatoms. The van der Waals surface area contributed by atoms with Crippen molar-refractivity contribution in [3.05, 3.63) is 33.9 Å². The molecule has 134 valence electrons. The second-order valence-electron chi connectivity index (χ2n) is 6.30. The van der Waals surface area contributed by atoms with Gasteiger partial charge in [-0.3, -0.25) is 10.1 Å². The number of amides is 1. The van der Waals surface area contributed by atoms with Gasteiger partial charge >= 0.3 is 6.09 Å². The number of hydrogen-bond donors (Lipinski definition) is 4. The highest BCUT2D eigenvalue weighted by Crippen LogP contribution is 2.27. The van der Waals surface area contributed by atoms with Crippen molar-refractivity contribution in [1.82, 2.24) is 5.32 Å². The van der Waals surface area contributed by atoms with Crippen LogP contribution in [-0.2, 0) is 4.74 Å². The molecule has 1 aromatic carbocycles. The predicted octanol–water partition coefficient (Wildman–Crippen LogP) is 1.49. The maximum absolute atomic E-state index is 11.5. The van der Waals surface area contributed by atoms with Crippen LogP contribution in [0.5, 0.6) is 0 Å². The first-order valence-electron chi connectivity index (χ1n) is 7.38. The lowest BCUT2D eigenvalue weighted by molar-refractivity contribution is -0.384. The van der Waals surface area contributed by atoms with Crippen LogP contribution in [0.2, 0.25) is 0 Å². The number of rotatable bonds is 6. The number of nitro benzene ring substituents is 1. The number of carbonyl (C=O) groups is 1. The van der Waals surface area contributed by atoms with Gasteiger partial charge in [-0.05, 0) is 33.3 Å². The van der Waals surface area contributed by atoms with E-state index in [0.717, 1.165) is 6.07 Å². The third kappa shape index (κ3) is 6.01. The van der Waals surface area contributed by atoms with E-state index in [1.54, 1.807) is 20.8 Å². The molecule has 0 aliphatic rings. The van der Waals surface area contributed by atoms with Crippen molar-refractivity contribution in [3.8, 4) is 0 Å². The first-order chi connectivity index (χ1) is 11.0. The number of alkyl carbamates (subject to hydrolysis) is 1. The number of nitrogens with one attached hydrogen (secondary N) is 1. The molecule has 0 aliphatic heterocycles. The van der Waals surface area contributed by atoms with Gasteiger partial charge in [-0.2, -0.15) is 0 Å². The molecule has 0 fully saturated rings. The van der Waals surface area contributed by atoms with Crippen molar-refractivity contribution >= 4 is 17.5 Å². The lowest BCUT2D eigenvalue weighted by Crippen LogP contribution is -2.34. The fourth-order valence-electron chi connectivity index (χ4n) is 1.95. The van der Waals surface area contributed by atoms with Gasteiger partial charge in [0.15, 0.2) is 0 Å². The second-order valence-corrected chi connectivity index (χ2v) is 6.30. The van der Waals surface area contributed by atoms with E-state index in [2.05, 4.69) is 5.32 Å². The number of hydrogen-bond acceptors (Lipinski definition) is 7. The number of ether oxygens (including phenoxy) is 1. The molecule has 0 saturated carbocycles. The highest BCUT2D eigenvalue weighted by atomic mass is 16.6. The third-order valence-corrected chi connectivity index (χ3v) is 3.07. The van der Waals surface area contributed by atoms with Crippen LogP contribution in [-0.4, -0.2) is 39.5 Å². The molecule has 0 aromatic heterocycles. The van der Waals surface area contributed by atoms with Crippen LogP contribution in [0.15, 0.2) is 18.2 Å². The van der Waals surface area contributed by atoms with E-state index < -0.39 is 28.8 Å². The van der Waals surface area contributed by atoms with Crippen LogP contribution in [0.3, 0.4) is 0 Å². The van der Waals surface area contributed by atoms with Crippen LogP contribution in [0.4, 0.5) is 16.2 Å². The smallest absolute Gasteiger partial charge is 0.407 e. The number of aliphatic hydroxyl groups excluding tert-OH is 2. The average Bonchev–Trinajstić information content (AvgIpc) is 2.44. The summed E-state index contributed by atoms with van der Waals surface area (Å²) in [5.41, 5.74) is 5.04. The van der Waals surface area contributed by atoms with Gasteiger partial charge in [0.1, 0.15) is 11.7 Å². The summed E-state index contributed by atoms with van der Waals surface area (Å²) in [6.07, 6.45) is -3.11. The first kappa shape index (κ1) is 19.7. The summed E-state index contributed by atoms with van der Waals surface area (Å²) in [7, 11) is 0. The van der Waals surface area contributed by atoms with E-state index in [0.29, 0.717) is 0 Å². The Hall–Kier alpha value is -2.39. The molecular weight excluding hydrogens is 318 g/mol. The highest BCUT2D eigenvalue weighted by molar-refractivity contribution is 5.67. The maximum atomic E-state index is 11.5. The third-order valence-electron chi connectivity index (χ3n) is 3.07. The van der Waals surface area contributed by atoms with E-state index in [9.17, 15) is 25.1 Å². The number of nitrogens with zero attached hydrogens (tertiary/aromatic N) is 1. The van der Waals surface area contributed by atoms with Gasteiger partial charge in [-0.15, -0.1) is 0 Å². The number of non-ortho nitro benzene ring substituents is 1. The first-order valence-corrected chi connectivity index (χ1v) is 7.38. The minimum absolute atomic E-state index is 0.0100. The Morgan fingerprint density at radius 1 is 1.42 bits per heavy atom. The lowest BCUT2D eigenvalue weighted by Gasteiger charge is -2.21. The molecule has 1 rings (SSSR count). The Kier molecular flexibility index (Phi) is 6.50. The Bertz CT molecular complexity index is 599. The van der Waals surface area contributed by atoms with Crippen molar-refractivity contribution in [1.29, 1.82) is 0 Å². The number of anilines is 1.